The molecular weight excluding hydrogens is 382 g/mol. The van der Waals surface area contributed by atoms with Gasteiger partial charge in [-0.25, -0.2) is 8.42 Å². The highest BCUT2D eigenvalue weighted by Gasteiger charge is 2.57. The number of rotatable bonds is 6. The second kappa shape index (κ2) is 7.40. The van der Waals surface area contributed by atoms with E-state index < -0.39 is 15.1 Å². The van der Waals surface area contributed by atoms with Gasteiger partial charge < -0.3 is 4.90 Å². The van der Waals surface area contributed by atoms with E-state index in [0.717, 1.165) is 31.2 Å². The molecule has 0 N–H and O–H groups in total. The third-order valence-corrected chi connectivity index (χ3v) is 8.77. The Labute approximate surface area is 168 Å². The number of carbonyl (C=O) groups excluding carboxylic acids is 1. The van der Waals surface area contributed by atoms with Crippen molar-refractivity contribution in [1.29, 1.82) is 0 Å². The summed E-state index contributed by atoms with van der Waals surface area (Å²) in [6, 6.07) is 7.21. The third kappa shape index (κ3) is 4.04. The van der Waals surface area contributed by atoms with Gasteiger partial charge in [-0.2, -0.15) is 0 Å². The molecule has 2 atom stereocenters. The van der Waals surface area contributed by atoms with Gasteiger partial charge in [0.2, 0.25) is 5.91 Å². The number of nitrogens with zero attached hydrogens (tertiary/aromatic N) is 1. The van der Waals surface area contributed by atoms with Gasteiger partial charge in [-0.3, -0.25) is 4.79 Å². The van der Waals surface area contributed by atoms with E-state index in [0.29, 0.717) is 5.02 Å². The van der Waals surface area contributed by atoms with E-state index in [1.165, 1.54) is 0 Å². The van der Waals surface area contributed by atoms with Crippen molar-refractivity contribution in [3.05, 3.63) is 34.9 Å². The van der Waals surface area contributed by atoms with Gasteiger partial charge in [0.15, 0.2) is 9.84 Å². The van der Waals surface area contributed by atoms with Gasteiger partial charge in [-0.1, -0.05) is 37.6 Å². The van der Waals surface area contributed by atoms with Gasteiger partial charge in [0.1, 0.15) is 0 Å². The van der Waals surface area contributed by atoms with E-state index in [1.54, 1.807) is 13.8 Å². The van der Waals surface area contributed by atoms with E-state index >= 15 is 0 Å². The summed E-state index contributed by atoms with van der Waals surface area (Å²) in [4.78, 5) is 15.4. The average Bonchev–Trinajstić information content (AvgIpc) is 3.37. The molecule has 1 spiro atoms. The predicted molar refractivity (Wildman–Crippen MR) is 109 cm³/mol. The largest absolute Gasteiger partial charge is 0.331 e. The molecule has 0 aromatic heterocycles. The molecule has 6 heteroatoms. The number of sulfone groups is 1. The molecule has 4 nitrogen and oxygen atoms in total. The lowest BCUT2D eigenvalue weighted by atomic mass is 9.83. The molecular formula is C21H30ClNO3S. The van der Waals surface area contributed by atoms with Gasteiger partial charge in [0.05, 0.1) is 17.0 Å². The average molecular weight is 412 g/mol. The number of carbonyl (C=O) groups is 1. The van der Waals surface area contributed by atoms with Crippen molar-refractivity contribution in [3.63, 3.8) is 0 Å². The SMILES string of the molecule is CC(C)C(CS(=O)(=O)C(C)C)N1C(=O)C2(CCC1c1ccc(Cl)cc1)CC2. The number of hydrogen-bond donors (Lipinski definition) is 0. The summed E-state index contributed by atoms with van der Waals surface area (Å²) in [5.41, 5.74) is 0.799. The molecule has 150 valence electrons. The van der Waals surface area contributed by atoms with Crippen LogP contribution in [0.5, 0.6) is 0 Å². The Morgan fingerprint density at radius 2 is 1.70 bits per heavy atom. The monoisotopic (exact) mass is 411 g/mol. The Kier molecular flexibility index (Phi) is 5.66. The van der Waals surface area contributed by atoms with Gasteiger partial charge in [0, 0.05) is 16.5 Å². The number of likely N-dealkylation sites (tertiary alicyclic amines) is 1. The van der Waals surface area contributed by atoms with Crippen LogP contribution in [0, 0.1) is 11.3 Å². The van der Waals surface area contributed by atoms with Gasteiger partial charge in [0.25, 0.3) is 0 Å². The Bertz CT molecular complexity index is 797. The van der Waals surface area contributed by atoms with E-state index in [-0.39, 0.29) is 35.1 Å². The maximum absolute atomic E-state index is 13.5. The molecule has 2 fully saturated rings. The zero-order chi connectivity index (χ0) is 20.0. The van der Waals surface area contributed by atoms with Crippen LogP contribution in [-0.4, -0.2) is 36.3 Å². The molecule has 1 amide bonds. The van der Waals surface area contributed by atoms with Crippen LogP contribution in [0.4, 0.5) is 0 Å². The molecule has 1 saturated heterocycles. The highest BCUT2D eigenvalue weighted by Crippen LogP contribution is 2.57. The molecule has 1 heterocycles. The van der Waals surface area contributed by atoms with Crippen LogP contribution in [0.25, 0.3) is 0 Å². The number of hydrogen-bond acceptors (Lipinski definition) is 3. The predicted octanol–water partition coefficient (Wildman–Crippen LogP) is 4.63. The molecule has 3 rings (SSSR count). The van der Waals surface area contributed by atoms with Crippen molar-refractivity contribution >= 4 is 27.3 Å². The molecule has 0 radical (unpaired) electrons. The number of piperidine rings is 1. The standard InChI is InChI=1S/C21H30ClNO3S/c1-14(2)19(13-27(25,26)15(3)4)23-18(16-5-7-17(22)8-6-16)9-10-21(11-12-21)20(23)24/h5-8,14-15,18-19H,9-13H2,1-4H3. The normalized spacial score (nSPS) is 23.3. The Morgan fingerprint density at radius 1 is 1.11 bits per heavy atom. The van der Waals surface area contributed by atoms with Crippen LogP contribution >= 0.6 is 11.6 Å². The molecule has 2 unspecified atom stereocenters. The van der Waals surface area contributed by atoms with Crippen LogP contribution in [0.15, 0.2) is 24.3 Å². The fourth-order valence-corrected chi connectivity index (χ4v) is 5.64. The summed E-state index contributed by atoms with van der Waals surface area (Å²) >= 11 is 6.05. The first-order valence-corrected chi connectivity index (χ1v) is 12.0. The molecule has 27 heavy (non-hydrogen) atoms. The van der Waals surface area contributed by atoms with Crippen molar-refractivity contribution in [2.24, 2.45) is 11.3 Å². The first-order valence-electron chi connectivity index (χ1n) is 9.87. The molecule has 2 aliphatic rings. The van der Waals surface area contributed by atoms with Crippen LogP contribution < -0.4 is 0 Å². The summed E-state index contributed by atoms with van der Waals surface area (Å²) < 4.78 is 25.4. The zero-order valence-electron chi connectivity index (χ0n) is 16.6. The lowest BCUT2D eigenvalue weighted by molar-refractivity contribution is -0.148. The summed E-state index contributed by atoms with van der Waals surface area (Å²) in [6.07, 6.45) is 3.62. The fourth-order valence-electron chi connectivity index (χ4n) is 4.11. The van der Waals surface area contributed by atoms with Crippen LogP contribution in [0.1, 0.15) is 65.0 Å². The lowest BCUT2D eigenvalue weighted by Gasteiger charge is -2.46. The quantitative estimate of drug-likeness (QED) is 0.685. The second-order valence-corrected chi connectivity index (χ2v) is 11.8. The minimum Gasteiger partial charge on any atom is -0.331 e. The summed E-state index contributed by atoms with van der Waals surface area (Å²) in [5.74, 6) is 0.228. The second-order valence-electron chi connectivity index (χ2n) is 8.79. The molecule has 1 aliphatic heterocycles. The van der Waals surface area contributed by atoms with E-state index in [9.17, 15) is 13.2 Å². The van der Waals surface area contributed by atoms with Crippen LogP contribution in [0.3, 0.4) is 0 Å². The molecule has 1 saturated carbocycles. The van der Waals surface area contributed by atoms with Crippen molar-refractivity contribution in [1.82, 2.24) is 4.90 Å². The number of benzene rings is 1. The van der Waals surface area contributed by atoms with E-state index in [1.807, 2.05) is 43.0 Å². The van der Waals surface area contributed by atoms with Crippen LogP contribution in [-0.2, 0) is 14.6 Å². The number of halogens is 1. The Morgan fingerprint density at radius 3 is 2.19 bits per heavy atom. The van der Waals surface area contributed by atoms with Gasteiger partial charge in [-0.05, 0) is 63.1 Å². The summed E-state index contributed by atoms with van der Waals surface area (Å²) in [5, 5.41) is 0.219. The molecule has 1 aliphatic carbocycles. The maximum Gasteiger partial charge on any atom is 0.229 e. The lowest BCUT2D eigenvalue weighted by Crippen LogP contribution is -2.54. The third-order valence-electron chi connectivity index (χ3n) is 6.28. The topological polar surface area (TPSA) is 54.5 Å². The summed E-state index contributed by atoms with van der Waals surface area (Å²) in [7, 11) is -3.26. The molecule has 0 bridgehead atoms. The first-order chi connectivity index (χ1) is 12.6. The zero-order valence-corrected chi connectivity index (χ0v) is 18.2. The number of amides is 1. The van der Waals surface area contributed by atoms with Crippen molar-refractivity contribution in [2.75, 3.05) is 5.75 Å². The van der Waals surface area contributed by atoms with E-state index in [4.69, 9.17) is 11.6 Å². The first kappa shape index (κ1) is 20.7. The van der Waals surface area contributed by atoms with Crippen molar-refractivity contribution in [3.8, 4) is 0 Å². The smallest absolute Gasteiger partial charge is 0.229 e. The van der Waals surface area contributed by atoms with Crippen LogP contribution in [0.2, 0.25) is 5.02 Å². The summed E-state index contributed by atoms with van der Waals surface area (Å²) in [6.45, 7) is 7.45. The van der Waals surface area contributed by atoms with Crippen molar-refractivity contribution < 1.29 is 13.2 Å². The molecule has 1 aromatic carbocycles. The highest BCUT2D eigenvalue weighted by atomic mass is 35.5. The van der Waals surface area contributed by atoms with Gasteiger partial charge in [-0.15, -0.1) is 0 Å². The minimum absolute atomic E-state index is 0.0221. The fraction of sp³-hybridized carbons (Fsp3) is 0.667. The Balaban J connectivity index is 2.00. The molecule has 1 aromatic rings. The highest BCUT2D eigenvalue weighted by molar-refractivity contribution is 7.92. The van der Waals surface area contributed by atoms with Gasteiger partial charge >= 0.3 is 0 Å². The Hall–Kier alpha value is -1.07. The maximum atomic E-state index is 13.5. The van der Waals surface area contributed by atoms with E-state index in [2.05, 4.69) is 0 Å². The minimum atomic E-state index is -3.26. The van der Waals surface area contributed by atoms with Crippen molar-refractivity contribution in [2.45, 2.75) is 70.7 Å².